The van der Waals surface area contributed by atoms with E-state index in [9.17, 15) is 9.90 Å². The van der Waals surface area contributed by atoms with Crippen LogP contribution in [0, 0.1) is 0 Å². The van der Waals surface area contributed by atoms with Gasteiger partial charge in [-0.3, -0.25) is 0 Å². The van der Waals surface area contributed by atoms with Crippen LogP contribution in [0.3, 0.4) is 0 Å². The zero-order valence-corrected chi connectivity index (χ0v) is 11.7. The van der Waals surface area contributed by atoms with E-state index in [1.165, 1.54) is 0 Å². The Morgan fingerprint density at radius 2 is 2.05 bits per heavy atom. The minimum atomic E-state index is -0.894. The molecule has 3 aromatic rings. The first-order valence-electron chi connectivity index (χ1n) is 7.13. The third-order valence-electron chi connectivity index (χ3n) is 4.02. The van der Waals surface area contributed by atoms with Crippen molar-refractivity contribution in [1.29, 1.82) is 0 Å². The number of pyridine rings is 1. The third kappa shape index (κ3) is 1.92. The number of benzene rings is 1. The molecule has 108 valence electrons. The van der Waals surface area contributed by atoms with Gasteiger partial charge in [0.25, 0.3) is 0 Å². The van der Waals surface area contributed by atoms with Crippen LogP contribution in [-0.2, 0) is 6.42 Å². The number of aromatic carboxylic acids is 1. The van der Waals surface area contributed by atoms with Gasteiger partial charge >= 0.3 is 5.97 Å². The summed E-state index contributed by atoms with van der Waals surface area (Å²) in [5.74, 6) is -0.135. The molecule has 0 aliphatic heterocycles. The average molecular weight is 291 g/mol. The zero-order chi connectivity index (χ0) is 15.1. The van der Waals surface area contributed by atoms with Gasteiger partial charge in [-0.2, -0.15) is 0 Å². The van der Waals surface area contributed by atoms with Gasteiger partial charge in [0.05, 0.1) is 23.0 Å². The number of carboxylic acids is 1. The number of fused-ring (bicyclic) bond motifs is 2. The molecule has 0 unspecified atom stereocenters. The molecule has 0 amide bonds. The number of carboxylic acid groups (broad SMARTS) is 1. The molecule has 0 atom stereocenters. The Morgan fingerprint density at radius 1 is 1.18 bits per heavy atom. The van der Waals surface area contributed by atoms with Crippen LogP contribution in [-0.4, -0.2) is 16.1 Å². The molecule has 4 rings (SSSR count). The van der Waals surface area contributed by atoms with Gasteiger partial charge in [-0.25, -0.2) is 9.78 Å². The topological polar surface area (TPSA) is 63.3 Å². The van der Waals surface area contributed by atoms with Crippen LogP contribution in [0.25, 0.3) is 22.6 Å². The lowest BCUT2D eigenvalue weighted by molar-refractivity contribution is 0.0698. The summed E-state index contributed by atoms with van der Waals surface area (Å²) in [4.78, 5) is 16.4. The minimum absolute atomic E-state index is 0.378. The van der Waals surface area contributed by atoms with E-state index in [1.54, 1.807) is 6.26 Å². The lowest BCUT2D eigenvalue weighted by atomic mass is 10.0. The Morgan fingerprint density at radius 3 is 2.82 bits per heavy atom. The summed E-state index contributed by atoms with van der Waals surface area (Å²) in [6.45, 7) is 0. The van der Waals surface area contributed by atoms with Crippen molar-refractivity contribution in [3.05, 3.63) is 65.2 Å². The fourth-order valence-electron chi connectivity index (χ4n) is 3.07. The molecule has 0 fully saturated rings. The van der Waals surface area contributed by atoms with Gasteiger partial charge in [-0.15, -0.1) is 0 Å². The summed E-state index contributed by atoms with van der Waals surface area (Å²) in [6.07, 6.45) is 5.04. The summed E-state index contributed by atoms with van der Waals surface area (Å²) in [6, 6.07) is 11.1. The summed E-state index contributed by atoms with van der Waals surface area (Å²) >= 11 is 0. The molecule has 0 spiro atoms. The number of nitrogens with zero attached hydrogens (tertiary/aromatic N) is 1. The number of rotatable bonds is 2. The Labute approximate surface area is 126 Å². The van der Waals surface area contributed by atoms with Gasteiger partial charge in [0.2, 0.25) is 0 Å². The molecule has 4 nitrogen and oxygen atoms in total. The van der Waals surface area contributed by atoms with Gasteiger partial charge in [-0.05, 0) is 48.3 Å². The highest BCUT2D eigenvalue weighted by Crippen LogP contribution is 2.37. The Bertz CT molecular complexity index is 907. The van der Waals surface area contributed by atoms with Crippen molar-refractivity contribution >= 4 is 28.5 Å². The average Bonchev–Trinajstić information content (AvgIpc) is 3.15. The Kier molecular flexibility index (Phi) is 2.82. The second-order valence-corrected chi connectivity index (χ2v) is 5.32. The first kappa shape index (κ1) is 12.8. The summed E-state index contributed by atoms with van der Waals surface area (Å²) in [5.41, 5.74) is 3.73. The third-order valence-corrected chi connectivity index (χ3v) is 4.02. The highest BCUT2D eigenvalue weighted by molar-refractivity contribution is 6.06. The second kappa shape index (κ2) is 4.84. The van der Waals surface area contributed by atoms with Crippen LogP contribution in [0.15, 0.2) is 47.1 Å². The van der Waals surface area contributed by atoms with Crippen LogP contribution in [0.4, 0.5) is 0 Å². The van der Waals surface area contributed by atoms with Crippen LogP contribution in [0.5, 0.6) is 0 Å². The molecular formula is C18H13NO3. The molecule has 0 saturated heterocycles. The van der Waals surface area contributed by atoms with E-state index in [4.69, 9.17) is 4.42 Å². The van der Waals surface area contributed by atoms with E-state index in [-0.39, 0.29) is 0 Å². The quantitative estimate of drug-likeness (QED) is 0.774. The number of hydrogen-bond acceptors (Lipinski definition) is 3. The summed E-state index contributed by atoms with van der Waals surface area (Å²) in [7, 11) is 0. The number of allylic oxidation sites excluding steroid dienone is 1. The molecule has 2 heterocycles. The van der Waals surface area contributed by atoms with Gasteiger partial charge < -0.3 is 9.52 Å². The van der Waals surface area contributed by atoms with Gasteiger partial charge in [0.1, 0.15) is 5.76 Å². The van der Waals surface area contributed by atoms with E-state index in [0.29, 0.717) is 22.9 Å². The van der Waals surface area contributed by atoms with Gasteiger partial charge in [0, 0.05) is 5.39 Å². The lowest BCUT2D eigenvalue weighted by Gasteiger charge is -2.08. The molecule has 1 aliphatic rings. The van der Waals surface area contributed by atoms with Crippen molar-refractivity contribution in [2.45, 2.75) is 12.8 Å². The molecule has 0 bridgehead atoms. The van der Waals surface area contributed by atoms with E-state index in [2.05, 4.69) is 4.98 Å². The number of carbonyl (C=O) groups is 1. The fraction of sp³-hybridized carbons (Fsp3) is 0.111. The first-order chi connectivity index (χ1) is 10.7. The number of furan rings is 1. The molecule has 1 aliphatic carbocycles. The number of hydrogen-bond donors (Lipinski definition) is 1. The fourth-order valence-corrected chi connectivity index (χ4v) is 3.07. The van der Waals surface area contributed by atoms with Gasteiger partial charge in [-0.1, -0.05) is 18.2 Å². The van der Waals surface area contributed by atoms with E-state index in [0.717, 1.165) is 29.0 Å². The van der Waals surface area contributed by atoms with Crippen molar-refractivity contribution in [1.82, 2.24) is 4.98 Å². The maximum atomic E-state index is 11.7. The number of para-hydroxylation sites is 1. The van der Waals surface area contributed by atoms with E-state index >= 15 is 0 Å². The highest BCUT2D eigenvalue weighted by Gasteiger charge is 2.26. The normalized spacial score (nSPS) is 15.4. The molecule has 1 aromatic carbocycles. The SMILES string of the molecule is O=C(O)c1c2c(nc3ccccc13)/C(=C/c1ccco1)CC2. The summed E-state index contributed by atoms with van der Waals surface area (Å²) in [5, 5.41) is 10.3. The molecule has 4 heteroatoms. The predicted octanol–water partition coefficient (Wildman–Crippen LogP) is 4.01. The molecule has 0 saturated carbocycles. The maximum Gasteiger partial charge on any atom is 0.336 e. The predicted molar refractivity (Wildman–Crippen MR) is 83.6 cm³/mol. The zero-order valence-electron chi connectivity index (χ0n) is 11.7. The number of aromatic nitrogens is 1. The molecule has 2 aromatic heterocycles. The second-order valence-electron chi connectivity index (χ2n) is 5.32. The van der Waals surface area contributed by atoms with Crippen molar-refractivity contribution in [2.75, 3.05) is 0 Å². The van der Waals surface area contributed by atoms with Crippen LogP contribution in [0.2, 0.25) is 0 Å². The van der Waals surface area contributed by atoms with Crippen molar-refractivity contribution in [3.63, 3.8) is 0 Å². The van der Waals surface area contributed by atoms with Crippen LogP contribution >= 0.6 is 0 Å². The minimum Gasteiger partial charge on any atom is -0.478 e. The van der Waals surface area contributed by atoms with Crippen LogP contribution < -0.4 is 0 Å². The highest BCUT2D eigenvalue weighted by atomic mass is 16.4. The Balaban J connectivity index is 1.99. The Hall–Kier alpha value is -2.88. The van der Waals surface area contributed by atoms with E-state index < -0.39 is 5.97 Å². The maximum absolute atomic E-state index is 11.7. The largest absolute Gasteiger partial charge is 0.478 e. The van der Waals surface area contributed by atoms with E-state index in [1.807, 2.05) is 42.5 Å². The summed E-state index contributed by atoms with van der Waals surface area (Å²) < 4.78 is 5.36. The van der Waals surface area contributed by atoms with Crippen molar-refractivity contribution < 1.29 is 14.3 Å². The van der Waals surface area contributed by atoms with Crippen molar-refractivity contribution in [3.8, 4) is 0 Å². The monoisotopic (exact) mass is 291 g/mol. The van der Waals surface area contributed by atoms with Gasteiger partial charge in [0.15, 0.2) is 0 Å². The van der Waals surface area contributed by atoms with Crippen molar-refractivity contribution in [2.24, 2.45) is 0 Å². The lowest BCUT2D eigenvalue weighted by Crippen LogP contribution is -2.05. The molecule has 1 N–H and O–H groups in total. The molecular weight excluding hydrogens is 278 g/mol. The van der Waals surface area contributed by atoms with Crippen LogP contribution in [0.1, 0.15) is 33.8 Å². The smallest absolute Gasteiger partial charge is 0.336 e. The first-order valence-corrected chi connectivity index (χ1v) is 7.13. The standard InChI is InChI=1S/C18H13NO3/c20-18(21)16-13-5-1-2-6-15(13)19-17-11(7-8-14(16)17)10-12-4-3-9-22-12/h1-6,9-10H,7-8H2,(H,20,21)/b11-10+. The molecule has 22 heavy (non-hydrogen) atoms. The molecule has 0 radical (unpaired) electrons.